The number of methoxy groups -OCH3 is 1. The fourth-order valence-corrected chi connectivity index (χ4v) is 2.97. The first-order chi connectivity index (χ1) is 9.54. The van der Waals surface area contributed by atoms with E-state index in [2.05, 4.69) is 0 Å². The number of carbonyl (C=O) groups excluding carboxylic acids is 2. The molecule has 0 radical (unpaired) electrons. The Bertz CT molecular complexity index is 647. The Morgan fingerprint density at radius 1 is 1.35 bits per heavy atom. The third-order valence-corrected chi connectivity index (χ3v) is 3.97. The largest absolute Gasteiger partial charge is 0.496 e. The summed E-state index contributed by atoms with van der Waals surface area (Å²) in [6.07, 6.45) is 0.748. The number of fused-ring (bicyclic) bond motifs is 1. The third-order valence-electron chi connectivity index (χ3n) is 3.66. The summed E-state index contributed by atoms with van der Waals surface area (Å²) in [6, 6.07) is 5.17. The average Bonchev–Trinajstić information content (AvgIpc) is 3.14. The summed E-state index contributed by atoms with van der Waals surface area (Å²) in [5.41, 5.74) is 0.911. The predicted octanol–water partition coefficient (Wildman–Crippen LogP) is 2.84. The summed E-state index contributed by atoms with van der Waals surface area (Å²) in [7, 11) is 1.52. The Labute approximate surface area is 121 Å². The number of rotatable bonds is 3. The maximum atomic E-state index is 12.4. The van der Waals surface area contributed by atoms with Crippen LogP contribution in [0.3, 0.4) is 0 Å². The van der Waals surface area contributed by atoms with Crippen molar-refractivity contribution in [2.75, 3.05) is 7.11 Å². The van der Waals surface area contributed by atoms with Gasteiger partial charge < -0.3 is 9.47 Å². The number of allylic oxidation sites excluding steroid dienone is 2. The molecule has 0 aromatic heterocycles. The fourth-order valence-electron chi connectivity index (χ4n) is 2.71. The van der Waals surface area contributed by atoms with Crippen molar-refractivity contribution < 1.29 is 19.1 Å². The van der Waals surface area contributed by atoms with Crippen LogP contribution in [0, 0.1) is 11.8 Å². The van der Waals surface area contributed by atoms with Crippen LogP contribution in [0.2, 0.25) is 5.02 Å². The molecule has 4 nitrogen and oxygen atoms in total. The zero-order chi connectivity index (χ0) is 14.4. The lowest BCUT2D eigenvalue weighted by Gasteiger charge is -2.14. The molecule has 1 fully saturated rings. The molecule has 1 aromatic rings. The van der Waals surface area contributed by atoms with Crippen molar-refractivity contribution in [3.05, 3.63) is 34.5 Å². The van der Waals surface area contributed by atoms with Gasteiger partial charge in [-0.2, -0.15) is 0 Å². The molecule has 2 aliphatic rings. The minimum absolute atomic E-state index is 0.0161. The molecule has 2 aliphatic carbocycles. The average molecular weight is 293 g/mol. The second-order valence-electron chi connectivity index (χ2n) is 4.96. The molecule has 20 heavy (non-hydrogen) atoms. The molecule has 0 saturated heterocycles. The molecule has 0 aliphatic heterocycles. The smallest absolute Gasteiger partial charge is 0.307 e. The van der Waals surface area contributed by atoms with Gasteiger partial charge in [0.2, 0.25) is 0 Å². The molecule has 1 aromatic carbocycles. The summed E-state index contributed by atoms with van der Waals surface area (Å²) in [6.45, 7) is 1.33. The quantitative estimate of drug-likeness (QED) is 0.804. The van der Waals surface area contributed by atoms with E-state index in [0.717, 1.165) is 6.42 Å². The van der Waals surface area contributed by atoms with Gasteiger partial charge in [0.25, 0.3) is 0 Å². The monoisotopic (exact) mass is 292 g/mol. The van der Waals surface area contributed by atoms with Gasteiger partial charge >= 0.3 is 5.97 Å². The lowest BCUT2D eigenvalue weighted by Crippen LogP contribution is -2.07. The highest BCUT2D eigenvalue weighted by atomic mass is 35.5. The van der Waals surface area contributed by atoms with Gasteiger partial charge in [0.1, 0.15) is 11.5 Å². The van der Waals surface area contributed by atoms with Gasteiger partial charge in [-0.05, 0) is 18.6 Å². The second kappa shape index (κ2) is 4.63. The standard InChI is InChI=1S/C15H13ClO4/c1-7(17)20-15-9-6-8(9)14(18)13(15)12-10(16)4-3-5-11(12)19-2/h3-5,8-9H,6H2,1-2H3. The van der Waals surface area contributed by atoms with Crippen LogP contribution < -0.4 is 4.74 Å². The number of benzene rings is 1. The van der Waals surface area contributed by atoms with Gasteiger partial charge in [0.15, 0.2) is 5.78 Å². The van der Waals surface area contributed by atoms with Crippen LogP contribution in [0.15, 0.2) is 24.0 Å². The van der Waals surface area contributed by atoms with Crippen molar-refractivity contribution in [1.82, 2.24) is 0 Å². The number of esters is 1. The zero-order valence-electron chi connectivity index (χ0n) is 11.1. The predicted molar refractivity (Wildman–Crippen MR) is 73.3 cm³/mol. The highest BCUT2D eigenvalue weighted by molar-refractivity contribution is 6.37. The van der Waals surface area contributed by atoms with Gasteiger partial charge in [0, 0.05) is 24.3 Å². The molecular formula is C15H13ClO4. The van der Waals surface area contributed by atoms with E-state index in [9.17, 15) is 9.59 Å². The van der Waals surface area contributed by atoms with Crippen molar-refractivity contribution in [3.63, 3.8) is 0 Å². The van der Waals surface area contributed by atoms with Gasteiger partial charge in [0.05, 0.1) is 17.7 Å². The van der Waals surface area contributed by atoms with Gasteiger partial charge in [-0.25, -0.2) is 0 Å². The summed E-state index contributed by atoms with van der Waals surface area (Å²) >= 11 is 6.21. The lowest BCUT2D eigenvalue weighted by molar-refractivity contribution is -0.137. The Morgan fingerprint density at radius 2 is 2.10 bits per heavy atom. The topological polar surface area (TPSA) is 52.6 Å². The molecule has 0 amide bonds. The van der Waals surface area contributed by atoms with Crippen molar-refractivity contribution >= 4 is 28.9 Å². The van der Waals surface area contributed by atoms with Crippen molar-refractivity contribution in [1.29, 1.82) is 0 Å². The number of hydrogen-bond donors (Lipinski definition) is 0. The molecule has 5 heteroatoms. The van der Waals surface area contributed by atoms with Crippen LogP contribution in [0.25, 0.3) is 5.57 Å². The fraction of sp³-hybridized carbons (Fsp3) is 0.333. The lowest BCUT2D eigenvalue weighted by atomic mass is 10.00. The number of ether oxygens (including phenoxy) is 2. The van der Waals surface area contributed by atoms with E-state index in [1.54, 1.807) is 18.2 Å². The van der Waals surface area contributed by atoms with E-state index in [0.29, 0.717) is 27.7 Å². The molecule has 3 rings (SSSR count). The van der Waals surface area contributed by atoms with E-state index in [4.69, 9.17) is 21.1 Å². The maximum absolute atomic E-state index is 12.4. The van der Waals surface area contributed by atoms with Crippen molar-refractivity contribution in [3.8, 4) is 5.75 Å². The van der Waals surface area contributed by atoms with Gasteiger partial charge in [-0.15, -0.1) is 0 Å². The highest BCUT2D eigenvalue weighted by Crippen LogP contribution is 2.57. The van der Waals surface area contributed by atoms with E-state index in [-0.39, 0.29) is 17.6 Å². The Balaban J connectivity index is 2.18. The maximum Gasteiger partial charge on any atom is 0.307 e. The first kappa shape index (κ1) is 13.2. The Morgan fingerprint density at radius 3 is 2.75 bits per heavy atom. The van der Waals surface area contributed by atoms with E-state index in [1.807, 2.05) is 0 Å². The highest BCUT2D eigenvalue weighted by Gasteiger charge is 2.56. The van der Waals surface area contributed by atoms with Crippen LogP contribution in [0.5, 0.6) is 5.75 Å². The van der Waals surface area contributed by atoms with Crippen LogP contribution in [-0.4, -0.2) is 18.9 Å². The van der Waals surface area contributed by atoms with Crippen LogP contribution in [0.4, 0.5) is 0 Å². The summed E-state index contributed by atoms with van der Waals surface area (Å²) < 4.78 is 10.5. The molecule has 2 unspecified atom stereocenters. The number of carbonyl (C=O) groups is 2. The normalized spacial score (nSPS) is 23.6. The van der Waals surface area contributed by atoms with E-state index >= 15 is 0 Å². The van der Waals surface area contributed by atoms with Gasteiger partial charge in [-0.1, -0.05) is 17.7 Å². The Kier molecular flexibility index (Phi) is 3.05. The zero-order valence-corrected chi connectivity index (χ0v) is 11.9. The first-order valence-corrected chi connectivity index (χ1v) is 6.72. The first-order valence-electron chi connectivity index (χ1n) is 6.34. The Hall–Kier alpha value is -1.81. The molecule has 104 valence electrons. The molecule has 1 saturated carbocycles. The molecule has 2 atom stereocenters. The second-order valence-corrected chi connectivity index (χ2v) is 5.37. The molecule has 0 heterocycles. The SMILES string of the molecule is COc1cccc(Cl)c1C1=C(OC(C)=O)C2CC2C1=O. The van der Waals surface area contributed by atoms with E-state index < -0.39 is 5.97 Å². The molecular weight excluding hydrogens is 280 g/mol. The summed E-state index contributed by atoms with van der Waals surface area (Å²) in [5.74, 6) is 0.454. The number of hydrogen-bond acceptors (Lipinski definition) is 4. The molecule has 0 N–H and O–H groups in total. The summed E-state index contributed by atoms with van der Waals surface area (Å²) in [5, 5.41) is 0.415. The third kappa shape index (κ3) is 1.91. The minimum Gasteiger partial charge on any atom is -0.496 e. The number of ketones is 1. The minimum atomic E-state index is -0.427. The number of halogens is 1. The summed E-state index contributed by atoms with van der Waals surface area (Å²) in [4.78, 5) is 23.7. The van der Waals surface area contributed by atoms with Crippen molar-refractivity contribution in [2.24, 2.45) is 11.8 Å². The van der Waals surface area contributed by atoms with Crippen LogP contribution in [0.1, 0.15) is 18.9 Å². The van der Waals surface area contributed by atoms with E-state index in [1.165, 1.54) is 14.0 Å². The van der Waals surface area contributed by atoms with Gasteiger partial charge in [-0.3, -0.25) is 9.59 Å². The van der Waals surface area contributed by atoms with Crippen LogP contribution in [-0.2, 0) is 14.3 Å². The molecule has 0 spiro atoms. The van der Waals surface area contributed by atoms with Crippen molar-refractivity contribution in [2.45, 2.75) is 13.3 Å². The number of Topliss-reactive ketones (excluding diaryl/α,β-unsaturated/α-hetero) is 1. The van der Waals surface area contributed by atoms with Crippen LogP contribution >= 0.6 is 11.6 Å². The molecule has 0 bridgehead atoms.